The van der Waals surface area contributed by atoms with E-state index in [1.807, 2.05) is 13.8 Å². The molecule has 1 unspecified atom stereocenters. The lowest BCUT2D eigenvalue weighted by Crippen LogP contribution is -2.10. The van der Waals surface area contributed by atoms with Gasteiger partial charge in [-0.25, -0.2) is 0 Å². The van der Waals surface area contributed by atoms with E-state index < -0.39 is 5.97 Å². The summed E-state index contributed by atoms with van der Waals surface area (Å²) in [5.41, 5.74) is 3.32. The molecular formula is C15H20O3. The highest BCUT2D eigenvalue weighted by Crippen LogP contribution is 2.47. The van der Waals surface area contributed by atoms with Crippen molar-refractivity contribution in [2.75, 3.05) is 7.11 Å². The molecule has 3 nitrogen and oxygen atoms in total. The van der Waals surface area contributed by atoms with Crippen LogP contribution in [0.1, 0.15) is 41.9 Å². The quantitative estimate of drug-likeness (QED) is 0.869. The van der Waals surface area contributed by atoms with Gasteiger partial charge in [0, 0.05) is 5.92 Å². The van der Waals surface area contributed by atoms with Crippen LogP contribution in [0.2, 0.25) is 0 Å². The predicted octanol–water partition coefficient (Wildman–Crippen LogP) is 3.28. The van der Waals surface area contributed by atoms with Gasteiger partial charge in [-0.1, -0.05) is 17.7 Å². The molecular weight excluding hydrogens is 228 g/mol. The molecule has 0 radical (unpaired) electrons. The standard InChI is InChI=1S/C15H20O3/c1-9-6-10(2)15(18-3)13(7-9)12(8-14(16)17)11-4-5-11/h6-7,11-12H,4-5,8H2,1-3H3,(H,16,17). The van der Waals surface area contributed by atoms with Crippen molar-refractivity contribution in [2.45, 2.75) is 39.0 Å². The summed E-state index contributed by atoms with van der Waals surface area (Å²) in [4.78, 5) is 11.0. The van der Waals surface area contributed by atoms with Crippen LogP contribution in [0.4, 0.5) is 0 Å². The first-order chi connectivity index (χ1) is 8.52. The number of aliphatic carboxylic acids is 1. The number of ether oxygens (including phenoxy) is 1. The SMILES string of the molecule is COc1c(C)cc(C)cc1C(CC(=O)O)C1CC1. The third-order valence-corrected chi connectivity index (χ3v) is 3.64. The summed E-state index contributed by atoms with van der Waals surface area (Å²) < 4.78 is 5.48. The molecule has 0 aromatic heterocycles. The summed E-state index contributed by atoms with van der Waals surface area (Å²) in [6, 6.07) is 4.16. The molecule has 0 spiro atoms. The van der Waals surface area contributed by atoms with E-state index in [9.17, 15) is 4.79 Å². The van der Waals surface area contributed by atoms with Crippen LogP contribution >= 0.6 is 0 Å². The van der Waals surface area contributed by atoms with Gasteiger partial charge in [-0.3, -0.25) is 4.79 Å². The summed E-state index contributed by atoms with van der Waals surface area (Å²) in [6.45, 7) is 4.06. The molecule has 1 N–H and O–H groups in total. The summed E-state index contributed by atoms with van der Waals surface area (Å²) in [7, 11) is 1.66. The summed E-state index contributed by atoms with van der Waals surface area (Å²) >= 11 is 0. The van der Waals surface area contributed by atoms with Gasteiger partial charge in [0.25, 0.3) is 0 Å². The molecule has 0 heterocycles. The predicted molar refractivity (Wildman–Crippen MR) is 70.2 cm³/mol. The Labute approximate surface area is 108 Å². The molecule has 3 heteroatoms. The minimum Gasteiger partial charge on any atom is -0.496 e. The van der Waals surface area contributed by atoms with E-state index in [0.717, 1.165) is 29.7 Å². The number of hydrogen-bond donors (Lipinski definition) is 1. The topological polar surface area (TPSA) is 46.5 Å². The van der Waals surface area contributed by atoms with Crippen molar-refractivity contribution in [3.05, 3.63) is 28.8 Å². The minimum absolute atomic E-state index is 0.0936. The van der Waals surface area contributed by atoms with Gasteiger partial charge in [0.2, 0.25) is 0 Å². The normalized spacial score (nSPS) is 16.4. The number of rotatable bonds is 5. The van der Waals surface area contributed by atoms with Crippen molar-refractivity contribution in [1.29, 1.82) is 0 Å². The van der Waals surface area contributed by atoms with Crippen LogP contribution < -0.4 is 4.74 Å². The Morgan fingerprint density at radius 3 is 2.61 bits per heavy atom. The van der Waals surface area contributed by atoms with Crippen molar-refractivity contribution >= 4 is 5.97 Å². The fourth-order valence-electron chi connectivity index (χ4n) is 2.76. The number of methoxy groups -OCH3 is 1. The summed E-state index contributed by atoms with van der Waals surface area (Å²) in [6.07, 6.45) is 2.46. The number of aryl methyl sites for hydroxylation is 2. The minimum atomic E-state index is -0.729. The largest absolute Gasteiger partial charge is 0.496 e. The lowest BCUT2D eigenvalue weighted by atomic mass is 9.88. The maximum Gasteiger partial charge on any atom is 0.303 e. The average Bonchev–Trinajstić information content (AvgIpc) is 3.08. The second kappa shape index (κ2) is 5.01. The number of carboxylic acid groups (broad SMARTS) is 1. The van der Waals surface area contributed by atoms with Crippen LogP contribution in [-0.4, -0.2) is 18.2 Å². The van der Waals surface area contributed by atoms with Crippen molar-refractivity contribution in [1.82, 2.24) is 0 Å². The highest BCUT2D eigenvalue weighted by molar-refractivity contribution is 5.68. The Kier molecular flexibility index (Phi) is 3.60. The van der Waals surface area contributed by atoms with Gasteiger partial charge in [-0.15, -0.1) is 0 Å². The van der Waals surface area contributed by atoms with Gasteiger partial charge >= 0.3 is 5.97 Å². The molecule has 1 saturated carbocycles. The van der Waals surface area contributed by atoms with Crippen molar-refractivity contribution < 1.29 is 14.6 Å². The molecule has 2 rings (SSSR count). The van der Waals surface area contributed by atoms with Crippen molar-refractivity contribution in [3.8, 4) is 5.75 Å². The van der Waals surface area contributed by atoms with Crippen molar-refractivity contribution in [3.63, 3.8) is 0 Å². The molecule has 1 fully saturated rings. The van der Waals surface area contributed by atoms with E-state index in [-0.39, 0.29) is 12.3 Å². The van der Waals surface area contributed by atoms with E-state index in [1.165, 1.54) is 5.56 Å². The smallest absolute Gasteiger partial charge is 0.303 e. The van der Waals surface area contributed by atoms with Crippen LogP contribution in [0, 0.1) is 19.8 Å². The second-order valence-electron chi connectivity index (χ2n) is 5.25. The molecule has 0 amide bonds. The molecule has 0 bridgehead atoms. The zero-order valence-corrected chi connectivity index (χ0v) is 11.2. The fraction of sp³-hybridized carbons (Fsp3) is 0.533. The van der Waals surface area contributed by atoms with E-state index in [4.69, 9.17) is 9.84 Å². The molecule has 1 atom stereocenters. The van der Waals surface area contributed by atoms with E-state index in [1.54, 1.807) is 7.11 Å². The summed E-state index contributed by atoms with van der Waals surface area (Å²) in [5, 5.41) is 9.08. The highest BCUT2D eigenvalue weighted by Gasteiger charge is 2.35. The maximum absolute atomic E-state index is 11.0. The van der Waals surface area contributed by atoms with Gasteiger partial charge in [0.1, 0.15) is 5.75 Å². The summed E-state index contributed by atoms with van der Waals surface area (Å²) in [5.74, 6) is 0.735. The van der Waals surface area contributed by atoms with Gasteiger partial charge in [0.05, 0.1) is 13.5 Å². The Bertz CT molecular complexity index is 461. The Hall–Kier alpha value is -1.51. The third-order valence-electron chi connectivity index (χ3n) is 3.64. The number of hydrogen-bond acceptors (Lipinski definition) is 2. The molecule has 1 aliphatic carbocycles. The number of carboxylic acids is 1. The van der Waals surface area contributed by atoms with Crippen LogP contribution in [0.15, 0.2) is 12.1 Å². The first kappa shape index (κ1) is 12.9. The molecule has 18 heavy (non-hydrogen) atoms. The average molecular weight is 248 g/mol. The second-order valence-corrected chi connectivity index (χ2v) is 5.25. The number of carbonyl (C=O) groups is 1. The monoisotopic (exact) mass is 248 g/mol. The molecule has 0 aliphatic heterocycles. The van der Waals surface area contributed by atoms with Gasteiger partial charge < -0.3 is 9.84 Å². The van der Waals surface area contributed by atoms with Crippen LogP contribution in [0.25, 0.3) is 0 Å². The first-order valence-corrected chi connectivity index (χ1v) is 6.40. The van der Waals surface area contributed by atoms with Gasteiger partial charge in [-0.05, 0) is 43.7 Å². The van der Waals surface area contributed by atoms with E-state index >= 15 is 0 Å². The van der Waals surface area contributed by atoms with E-state index in [2.05, 4.69) is 12.1 Å². The molecule has 1 aromatic rings. The molecule has 1 aliphatic rings. The lowest BCUT2D eigenvalue weighted by molar-refractivity contribution is -0.137. The van der Waals surface area contributed by atoms with Gasteiger partial charge in [0.15, 0.2) is 0 Å². The Balaban J connectivity index is 2.42. The Morgan fingerprint density at radius 2 is 2.11 bits per heavy atom. The number of benzene rings is 1. The highest BCUT2D eigenvalue weighted by atomic mass is 16.5. The van der Waals surface area contributed by atoms with Crippen molar-refractivity contribution in [2.24, 2.45) is 5.92 Å². The van der Waals surface area contributed by atoms with Crippen LogP contribution in [0.5, 0.6) is 5.75 Å². The zero-order valence-electron chi connectivity index (χ0n) is 11.2. The zero-order chi connectivity index (χ0) is 13.3. The van der Waals surface area contributed by atoms with Gasteiger partial charge in [-0.2, -0.15) is 0 Å². The van der Waals surface area contributed by atoms with Crippen LogP contribution in [-0.2, 0) is 4.79 Å². The molecule has 0 saturated heterocycles. The fourth-order valence-corrected chi connectivity index (χ4v) is 2.76. The lowest BCUT2D eigenvalue weighted by Gasteiger charge is -2.20. The first-order valence-electron chi connectivity index (χ1n) is 6.40. The van der Waals surface area contributed by atoms with E-state index in [0.29, 0.717) is 5.92 Å². The molecule has 98 valence electrons. The molecule has 1 aromatic carbocycles. The Morgan fingerprint density at radius 1 is 1.44 bits per heavy atom. The van der Waals surface area contributed by atoms with Crippen LogP contribution in [0.3, 0.4) is 0 Å². The maximum atomic E-state index is 11.0. The third kappa shape index (κ3) is 2.66.